The molecule has 0 spiro atoms. The summed E-state index contributed by atoms with van der Waals surface area (Å²) in [5.74, 6) is 0.861. The largest absolute Gasteiger partial charge is 0.497 e. The van der Waals surface area contributed by atoms with Crippen LogP contribution in [0.1, 0.15) is 22.5 Å². The first-order valence-corrected chi connectivity index (χ1v) is 7.02. The molecule has 0 saturated carbocycles. The molecule has 112 valence electrons. The van der Waals surface area contributed by atoms with Crippen LogP contribution in [0.4, 0.5) is 0 Å². The van der Waals surface area contributed by atoms with Gasteiger partial charge in [-0.05, 0) is 43.2 Å². The van der Waals surface area contributed by atoms with E-state index in [0.29, 0.717) is 13.0 Å². The van der Waals surface area contributed by atoms with Crippen molar-refractivity contribution in [1.29, 1.82) is 0 Å². The van der Waals surface area contributed by atoms with Gasteiger partial charge in [-0.2, -0.15) is 0 Å². The van der Waals surface area contributed by atoms with Gasteiger partial charge in [-0.3, -0.25) is 4.79 Å². The van der Waals surface area contributed by atoms with Crippen LogP contribution < -0.4 is 10.1 Å². The molecule has 0 saturated heterocycles. The van der Waals surface area contributed by atoms with Crippen molar-refractivity contribution in [2.24, 2.45) is 7.05 Å². The summed E-state index contributed by atoms with van der Waals surface area (Å²) in [5, 5.41) is 2.95. The standard InChI is InChI=1S/C17H22N2O2/c1-12-9-15(13(2)19(12)3)10-17(20)18-11-14-5-7-16(21-4)8-6-14/h5-9H,10-11H2,1-4H3,(H,18,20). The van der Waals surface area contributed by atoms with Crippen LogP contribution in [-0.2, 0) is 24.8 Å². The molecular formula is C17H22N2O2. The fourth-order valence-electron chi connectivity index (χ4n) is 2.29. The van der Waals surface area contributed by atoms with E-state index in [-0.39, 0.29) is 5.91 Å². The number of methoxy groups -OCH3 is 1. The summed E-state index contributed by atoms with van der Waals surface area (Å²) in [6.45, 7) is 4.62. The molecule has 4 heteroatoms. The number of hydrogen-bond acceptors (Lipinski definition) is 2. The predicted molar refractivity (Wildman–Crippen MR) is 83.4 cm³/mol. The molecule has 0 bridgehead atoms. The number of nitrogens with zero attached hydrogens (tertiary/aromatic N) is 1. The molecule has 1 heterocycles. The highest BCUT2D eigenvalue weighted by molar-refractivity contribution is 5.78. The maximum atomic E-state index is 12.0. The fraction of sp³-hybridized carbons (Fsp3) is 0.353. The maximum Gasteiger partial charge on any atom is 0.224 e. The monoisotopic (exact) mass is 286 g/mol. The summed E-state index contributed by atoms with van der Waals surface area (Å²) >= 11 is 0. The minimum Gasteiger partial charge on any atom is -0.497 e. The van der Waals surface area contributed by atoms with Gasteiger partial charge in [-0.1, -0.05) is 12.1 Å². The van der Waals surface area contributed by atoms with Crippen LogP contribution in [0.3, 0.4) is 0 Å². The number of benzene rings is 1. The number of carbonyl (C=O) groups is 1. The van der Waals surface area contributed by atoms with E-state index in [4.69, 9.17) is 4.74 Å². The van der Waals surface area contributed by atoms with Crippen molar-refractivity contribution in [3.05, 3.63) is 52.8 Å². The van der Waals surface area contributed by atoms with E-state index in [9.17, 15) is 4.79 Å². The second-order valence-electron chi connectivity index (χ2n) is 5.26. The van der Waals surface area contributed by atoms with Gasteiger partial charge in [0.25, 0.3) is 0 Å². The normalized spacial score (nSPS) is 10.5. The highest BCUT2D eigenvalue weighted by atomic mass is 16.5. The van der Waals surface area contributed by atoms with E-state index >= 15 is 0 Å². The molecule has 1 N–H and O–H groups in total. The molecule has 1 aromatic heterocycles. The predicted octanol–water partition coefficient (Wildman–Crippen LogP) is 2.51. The lowest BCUT2D eigenvalue weighted by Gasteiger charge is -2.07. The van der Waals surface area contributed by atoms with Crippen LogP contribution in [0, 0.1) is 13.8 Å². The number of aryl methyl sites for hydroxylation is 1. The quantitative estimate of drug-likeness (QED) is 0.917. The van der Waals surface area contributed by atoms with E-state index in [1.165, 1.54) is 5.69 Å². The molecular weight excluding hydrogens is 264 g/mol. The van der Waals surface area contributed by atoms with E-state index in [0.717, 1.165) is 22.6 Å². The number of aromatic nitrogens is 1. The maximum absolute atomic E-state index is 12.0. The second kappa shape index (κ2) is 6.48. The summed E-state index contributed by atoms with van der Waals surface area (Å²) in [5.41, 5.74) is 4.46. The molecule has 0 aliphatic carbocycles. The lowest BCUT2D eigenvalue weighted by Crippen LogP contribution is -2.24. The van der Waals surface area contributed by atoms with Crippen LogP contribution in [0.15, 0.2) is 30.3 Å². The number of carbonyl (C=O) groups excluding carboxylic acids is 1. The number of ether oxygens (including phenoxy) is 1. The van der Waals surface area contributed by atoms with Crippen molar-refractivity contribution in [3.8, 4) is 5.75 Å². The molecule has 0 aliphatic rings. The van der Waals surface area contributed by atoms with Gasteiger partial charge in [0.05, 0.1) is 13.5 Å². The van der Waals surface area contributed by atoms with Crippen molar-refractivity contribution in [2.45, 2.75) is 26.8 Å². The van der Waals surface area contributed by atoms with Crippen LogP contribution in [0.25, 0.3) is 0 Å². The summed E-state index contributed by atoms with van der Waals surface area (Å²) < 4.78 is 7.21. The molecule has 2 rings (SSSR count). The van der Waals surface area contributed by atoms with Crippen LogP contribution >= 0.6 is 0 Å². The molecule has 1 amide bonds. The Balaban J connectivity index is 1.91. The molecule has 4 nitrogen and oxygen atoms in total. The van der Waals surface area contributed by atoms with E-state index < -0.39 is 0 Å². The minimum absolute atomic E-state index is 0.0412. The second-order valence-corrected chi connectivity index (χ2v) is 5.26. The molecule has 0 unspecified atom stereocenters. The smallest absolute Gasteiger partial charge is 0.224 e. The Hall–Kier alpha value is -2.23. The van der Waals surface area contributed by atoms with Gasteiger partial charge in [0.1, 0.15) is 5.75 Å². The molecule has 0 aliphatic heterocycles. The lowest BCUT2D eigenvalue weighted by atomic mass is 10.1. The number of rotatable bonds is 5. The molecule has 21 heavy (non-hydrogen) atoms. The Morgan fingerprint density at radius 1 is 1.24 bits per heavy atom. The lowest BCUT2D eigenvalue weighted by molar-refractivity contribution is -0.120. The third kappa shape index (κ3) is 3.66. The van der Waals surface area contributed by atoms with Gasteiger partial charge in [0.15, 0.2) is 0 Å². The van der Waals surface area contributed by atoms with E-state index in [1.807, 2.05) is 45.2 Å². The van der Waals surface area contributed by atoms with Gasteiger partial charge < -0.3 is 14.6 Å². The van der Waals surface area contributed by atoms with Gasteiger partial charge in [-0.15, -0.1) is 0 Å². The highest BCUT2D eigenvalue weighted by Crippen LogP contribution is 2.14. The summed E-state index contributed by atoms with van der Waals surface area (Å²) in [6.07, 6.45) is 0.420. The third-order valence-corrected chi connectivity index (χ3v) is 3.88. The average molecular weight is 286 g/mol. The molecule has 0 atom stereocenters. The summed E-state index contributed by atoms with van der Waals surface area (Å²) in [4.78, 5) is 12.0. The first-order chi connectivity index (χ1) is 10.0. The first kappa shape index (κ1) is 15.2. The van der Waals surface area contributed by atoms with Crippen molar-refractivity contribution in [3.63, 3.8) is 0 Å². The van der Waals surface area contributed by atoms with Gasteiger partial charge in [0, 0.05) is 25.0 Å². The molecule has 0 fully saturated rings. The van der Waals surface area contributed by atoms with Crippen molar-refractivity contribution < 1.29 is 9.53 Å². The number of hydrogen-bond donors (Lipinski definition) is 1. The molecule has 0 radical (unpaired) electrons. The Morgan fingerprint density at radius 2 is 1.90 bits per heavy atom. The zero-order valence-corrected chi connectivity index (χ0v) is 13.1. The number of amides is 1. The van der Waals surface area contributed by atoms with E-state index in [1.54, 1.807) is 7.11 Å². The summed E-state index contributed by atoms with van der Waals surface area (Å²) in [7, 11) is 3.66. The SMILES string of the molecule is COc1ccc(CNC(=O)Cc2cc(C)n(C)c2C)cc1. The topological polar surface area (TPSA) is 43.3 Å². The Bertz CT molecular complexity index is 627. The van der Waals surface area contributed by atoms with Crippen LogP contribution in [0.2, 0.25) is 0 Å². The Morgan fingerprint density at radius 3 is 2.43 bits per heavy atom. The molecule has 2 aromatic rings. The average Bonchev–Trinajstić information content (AvgIpc) is 2.73. The Labute approximate surface area is 125 Å². The van der Waals surface area contributed by atoms with Crippen molar-refractivity contribution in [1.82, 2.24) is 9.88 Å². The third-order valence-electron chi connectivity index (χ3n) is 3.88. The zero-order valence-electron chi connectivity index (χ0n) is 13.1. The van der Waals surface area contributed by atoms with Gasteiger partial charge >= 0.3 is 0 Å². The zero-order chi connectivity index (χ0) is 15.4. The first-order valence-electron chi connectivity index (χ1n) is 7.02. The van der Waals surface area contributed by atoms with E-state index in [2.05, 4.69) is 16.0 Å². The highest BCUT2D eigenvalue weighted by Gasteiger charge is 2.10. The van der Waals surface area contributed by atoms with Crippen LogP contribution in [-0.4, -0.2) is 17.6 Å². The molecule has 1 aromatic carbocycles. The summed E-state index contributed by atoms with van der Waals surface area (Å²) in [6, 6.07) is 9.77. The van der Waals surface area contributed by atoms with Gasteiger partial charge in [-0.25, -0.2) is 0 Å². The Kier molecular flexibility index (Phi) is 4.68. The van der Waals surface area contributed by atoms with Crippen molar-refractivity contribution >= 4 is 5.91 Å². The van der Waals surface area contributed by atoms with Crippen LogP contribution in [0.5, 0.6) is 5.75 Å². The van der Waals surface area contributed by atoms with Gasteiger partial charge in [0.2, 0.25) is 5.91 Å². The number of nitrogens with one attached hydrogen (secondary N) is 1. The minimum atomic E-state index is 0.0412. The van der Waals surface area contributed by atoms with Crippen molar-refractivity contribution in [2.75, 3.05) is 7.11 Å². The fourth-order valence-corrected chi connectivity index (χ4v) is 2.29.